The number of hydrazone groups is 1. The third-order valence-electron chi connectivity index (χ3n) is 6.29. The van der Waals surface area contributed by atoms with Crippen LogP contribution >= 0.6 is 11.3 Å². The van der Waals surface area contributed by atoms with Crippen LogP contribution < -0.4 is 19.6 Å². The van der Waals surface area contributed by atoms with Crippen molar-refractivity contribution in [3.63, 3.8) is 0 Å². The lowest BCUT2D eigenvalue weighted by Gasteiger charge is -2.14. The summed E-state index contributed by atoms with van der Waals surface area (Å²) in [6, 6.07) is 30.6. The van der Waals surface area contributed by atoms with Crippen molar-refractivity contribution >= 4 is 23.5 Å². The molecule has 0 saturated carbocycles. The first kappa shape index (κ1) is 28.6. The lowest BCUT2D eigenvalue weighted by molar-refractivity contribution is 0.0955. The first-order chi connectivity index (χ1) is 20.6. The van der Waals surface area contributed by atoms with Crippen molar-refractivity contribution in [2.75, 3.05) is 6.61 Å². The minimum atomic E-state index is -0.302. The molecule has 0 aliphatic heterocycles. The van der Waals surface area contributed by atoms with Crippen molar-refractivity contribution in [2.24, 2.45) is 5.10 Å². The van der Waals surface area contributed by atoms with Crippen LogP contribution in [0.1, 0.15) is 39.0 Å². The molecule has 5 aromatic rings. The molecular formula is C34H31N3O4S. The van der Waals surface area contributed by atoms with Gasteiger partial charge in [0.2, 0.25) is 0 Å². The van der Waals surface area contributed by atoms with Gasteiger partial charge in [0.1, 0.15) is 19.0 Å². The maximum absolute atomic E-state index is 12.6. The first-order valence-corrected chi connectivity index (χ1v) is 14.5. The maximum atomic E-state index is 12.6. The van der Waals surface area contributed by atoms with Gasteiger partial charge in [0.25, 0.3) is 5.91 Å². The van der Waals surface area contributed by atoms with E-state index in [4.69, 9.17) is 14.2 Å². The summed E-state index contributed by atoms with van der Waals surface area (Å²) in [6.07, 6.45) is 1.58. The molecule has 7 nitrogen and oxygen atoms in total. The van der Waals surface area contributed by atoms with Gasteiger partial charge in [-0.05, 0) is 61.4 Å². The summed E-state index contributed by atoms with van der Waals surface area (Å²) in [6.45, 7) is 5.21. The van der Waals surface area contributed by atoms with Gasteiger partial charge in [-0.25, -0.2) is 10.4 Å². The summed E-state index contributed by atoms with van der Waals surface area (Å²) in [5.74, 6) is 1.69. The largest absolute Gasteiger partial charge is 0.490 e. The standard InChI is InChI=1S/C34H31N3O4S/c1-3-39-33-19-26(13-18-32(33)41-21-25-9-5-4-6-10-25)22-40-31-12-8-7-11-29(31)20-35-37-34(38)28-16-14-27(15-17-28)30-23-42-24(2)36-30/h4-20,23H,3,21-22H2,1-2H3,(H,37,38)/b35-20+. The number of benzene rings is 4. The molecule has 0 unspecified atom stereocenters. The van der Waals surface area contributed by atoms with Crippen LogP contribution in [0.4, 0.5) is 0 Å². The van der Waals surface area contributed by atoms with Gasteiger partial charge >= 0.3 is 0 Å². The molecular weight excluding hydrogens is 546 g/mol. The molecule has 0 saturated heterocycles. The van der Waals surface area contributed by atoms with Crippen molar-refractivity contribution in [3.8, 4) is 28.5 Å². The Kier molecular flexibility index (Phi) is 9.59. The monoisotopic (exact) mass is 577 g/mol. The van der Waals surface area contributed by atoms with E-state index in [2.05, 4.69) is 15.5 Å². The van der Waals surface area contributed by atoms with Crippen LogP contribution in [0, 0.1) is 6.92 Å². The maximum Gasteiger partial charge on any atom is 0.271 e. The summed E-state index contributed by atoms with van der Waals surface area (Å²) < 4.78 is 18.0. The van der Waals surface area contributed by atoms with Gasteiger partial charge in [-0.15, -0.1) is 11.3 Å². The number of rotatable bonds is 12. The third kappa shape index (κ3) is 7.62. The molecule has 1 amide bonds. The lowest BCUT2D eigenvalue weighted by atomic mass is 10.1. The molecule has 0 aliphatic rings. The number of nitrogens with one attached hydrogen (secondary N) is 1. The molecule has 1 heterocycles. The zero-order valence-electron chi connectivity index (χ0n) is 23.4. The highest BCUT2D eigenvalue weighted by atomic mass is 32.1. The minimum Gasteiger partial charge on any atom is -0.490 e. The topological polar surface area (TPSA) is 82.0 Å². The number of aryl methyl sites for hydroxylation is 1. The Bertz CT molecular complexity index is 1650. The van der Waals surface area contributed by atoms with Crippen molar-refractivity contribution in [1.29, 1.82) is 0 Å². The van der Waals surface area contributed by atoms with Crippen LogP contribution in [0.3, 0.4) is 0 Å². The summed E-state index contributed by atoms with van der Waals surface area (Å²) in [4.78, 5) is 17.1. The number of amides is 1. The van der Waals surface area contributed by atoms with Crippen LogP contribution in [-0.2, 0) is 13.2 Å². The Morgan fingerprint density at radius 2 is 1.57 bits per heavy atom. The van der Waals surface area contributed by atoms with Crippen molar-refractivity contribution in [1.82, 2.24) is 10.4 Å². The van der Waals surface area contributed by atoms with Crippen LogP contribution in [0.5, 0.6) is 17.2 Å². The Balaban J connectivity index is 1.19. The van der Waals surface area contributed by atoms with Gasteiger partial charge in [-0.2, -0.15) is 5.10 Å². The first-order valence-electron chi connectivity index (χ1n) is 13.6. The van der Waals surface area contributed by atoms with E-state index in [1.807, 2.05) is 104 Å². The fourth-order valence-electron chi connectivity index (χ4n) is 4.16. The van der Waals surface area contributed by atoms with E-state index >= 15 is 0 Å². The Morgan fingerprint density at radius 1 is 0.833 bits per heavy atom. The van der Waals surface area contributed by atoms with Crippen LogP contribution in [0.15, 0.2) is 108 Å². The predicted molar refractivity (Wildman–Crippen MR) is 167 cm³/mol. The molecule has 0 atom stereocenters. The van der Waals surface area contributed by atoms with E-state index in [1.165, 1.54) is 0 Å². The molecule has 5 rings (SSSR count). The highest BCUT2D eigenvalue weighted by Crippen LogP contribution is 2.30. The fraction of sp³-hybridized carbons (Fsp3) is 0.147. The molecule has 1 aromatic heterocycles. The second-order valence-corrected chi connectivity index (χ2v) is 10.4. The number of carbonyl (C=O) groups excluding carboxylic acids is 1. The molecule has 0 radical (unpaired) electrons. The second kappa shape index (κ2) is 14.1. The molecule has 42 heavy (non-hydrogen) atoms. The summed E-state index contributed by atoms with van der Waals surface area (Å²) >= 11 is 1.60. The number of aromatic nitrogens is 1. The van der Waals surface area contributed by atoms with E-state index in [0.717, 1.165) is 33.0 Å². The average molecular weight is 578 g/mol. The van der Waals surface area contributed by atoms with E-state index < -0.39 is 0 Å². The smallest absolute Gasteiger partial charge is 0.271 e. The molecule has 0 spiro atoms. The van der Waals surface area contributed by atoms with Gasteiger partial charge in [0.05, 0.1) is 23.5 Å². The molecule has 8 heteroatoms. The number of hydrogen-bond acceptors (Lipinski definition) is 7. The Labute approximate surface area is 249 Å². The molecule has 4 aromatic carbocycles. The Hall–Kier alpha value is -4.95. The van der Waals surface area contributed by atoms with Crippen LogP contribution in [0.2, 0.25) is 0 Å². The number of para-hydroxylation sites is 1. The predicted octanol–water partition coefficient (Wildman–Crippen LogP) is 7.44. The van der Waals surface area contributed by atoms with Gasteiger partial charge < -0.3 is 14.2 Å². The number of carbonyl (C=O) groups is 1. The van der Waals surface area contributed by atoms with Gasteiger partial charge in [0.15, 0.2) is 11.5 Å². The zero-order valence-corrected chi connectivity index (χ0v) is 24.3. The van der Waals surface area contributed by atoms with E-state index in [0.29, 0.717) is 42.6 Å². The highest BCUT2D eigenvalue weighted by molar-refractivity contribution is 7.09. The normalized spacial score (nSPS) is 10.9. The second-order valence-electron chi connectivity index (χ2n) is 9.34. The summed E-state index contributed by atoms with van der Waals surface area (Å²) in [5, 5.41) is 7.17. The zero-order chi connectivity index (χ0) is 29.1. The molecule has 1 N–H and O–H groups in total. The van der Waals surface area contributed by atoms with E-state index in [-0.39, 0.29) is 5.91 Å². The van der Waals surface area contributed by atoms with Crippen LogP contribution in [-0.4, -0.2) is 23.7 Å². The van der Waals surface area contributed by atoms with E-state index in [1.54, 1.807) is 29.7 Å². The minimum absolute atomic E-state index is 0.302. The number of nitrogens with zero attached hydrogens (tertiary/aromatic N) is 2. The number of ether oxygens (including phenoxy) is 3. The van der Waals surface area contributed by atoms with Gasteiger partial charge in [-0.1, -0.05) is 60.7 Å². The molecule has 0 bridgehead atoms. The SMILES string of the molecule is CCOc1cc(COc2ccccc2/C=N/NC(=O)c2ccc(-c3csc(C)n3)cc2)ccc1OCc1ccccc1. The van der Waals surface area contributed by atoms with E-state index in [9.17, 15) is 4.79 Å². The van der Waals surface area contributed by atoms with Crippen molar-refractivity contribution < 1.29 is 19.0 Å². The quantitative estimate of drug-likeness (QED) is 0.123. The highest BCUT2D eigenvalue weighted by Gasteiger charge is 2.10. The summed E-state index contributed by atoms with van der Waals surface area (Å²) in [7, 11) is 0. The lowest BCUT2D eigenvalue weighted by Crippen LogP contribution is -2.17. The number of hydrogen-bond donors (Lipinski definition) is 1. The van der Waals surface area contributed by atoms with Crippen LogP contribution in [0.25, 0.3) is 11.3 Å². The Morgan fingerprint density at radius 3 is 2.33 bits per heavy atom. The molecule has 212 valence electrons. The van der Waals surface area contributed by atoms with Gasteiger partial charge in [0, 0.05) is 22.1 Å². The molecule has 0 fully saturated rings. The average Bonchev–Trinajstić information content (AvgIpc) is 3.47. The summed E-state index contributed by atoms with van der Waals surface area (Å²) in [5.41, 5.74) is 7.72. The third-order valence-corrected chi connectivity index (χ3v) is 7.06. The van der Waals surface area contributed by atoms with Crippen molar-refractivity contribution in [3.05, 3.63) is 130 Å². The van der Waals surface area contributed by atoms with Crippen molar-refractivity contribution in [2.45, 2.75) is 27.1 Å². The van der Waals surface area contributed by atoms with Gasteiger partial charge in [-0.3, -0.25) is 4.79 Å². The fourth-order valence-corrected chi connectivity index (χ4v) is 4.78. The molecule has 0 aliphatic carbocycles. The number of thiazole rings is 1.